The van der Waals surface area contributed by atoms with Crippen LogP contribution >= 0.6 is 0 Å². The van der Waals surface area contributed by atoms with Crippen LogP contribution < -0.4 is 10.6 Å². The van der Waals surface area contributed by atoms with Crippen LogP contribution in [0, 0.1) is 5.41 Å². The largest absolute Gasteiger partial charge is 0.395 e. The number of nitrogens with zero attached hydrogens (tertiary/aromatic N) is 3. The van der Waals surface area contributed by atoms with Crippen molar-refractivity contribution in [1.29, 1.82) is 0 Å². The molecule has 1 aliphatic heterocycles. The van der Waals surface area contributed by atoms with Crippen molar-refractivity contribution < 1.29 is 22.8 Å². The third kappa shape index (κ3) is 5.06. The third-order valence-corrected chi connectivity index (χ3v) is 6.84. The Bertz CT molecular complexity index is 1050. The average molecular weight is 476 g/mol. The van der Waals surface area contributed by atoms with E-state index in [4.69, 9.17) is 0 Å². The molecule has 0 spiro atoms. The summed E-state index contributed by atoms with van der Waals surface area (Å²) in [5.74, 6) is -1.55. The molecule has 182 valence electrons. The maximum atomic E-state index is 13.8. The second-order valence-electron chi connectivity index (χ2n) is 9.36. The van der Waals surface area contributed by atoms with E-state index in [1.54, 1.807) is 6.07 Å². The summed E-state index contributed by atoms with van der Waals surface area (Å²) < 4.78 is 41.5. The molecular weight excluding hydrogens is 447 g/mol. The molecule has 1 aliphatic carbocycles. The molecule has 0 radical (unpaired) electrons. The highest BCUT2D eigenvalue weighted by Gasteiger charge is 2.68. The normalized spacial score (nSPS) is 18.2. The minimum Gasteiger partial charge on any atom is -0.354 e. The van der Waals surface area contributed by atoms with Crippen LogP contribution in [0.3, 0.4) is 0 Å². The van der Waals surface area contributed by atoms with Crippen molar-refractivity contribution in [2.24, 2.45) is 5.41 Å². The van der Waals surface area contributed by atoms with E-state index in [1.165, 1.54) is 12.4 Å². The van der Waals surface area contributed by atoms with E-state index in [0.717, 1.165) is 16.8 Å². The van der Waals surface area contributed by atoms with Gasteiger partial charge in [-0.2, -0.15) is 13.2 Å². The molecule has 1 aromatic carbocycles. The van der Waals surface area contributed by atoms with E-state index in [9.17, 15) is 22.8 Å². The number of carbonyl (C=O) groups is 2. The summed E-state index contributed by atoms with van der Waals surface area (Å²) in [5.41, 5.74) is 0.836. The van der Waals surface area contributed by atoms with Crippen LogP contribution in [0.15, 0.2) is 36.7 Å². The number of amides is 2. The van der Waals surface area contributed by atoms with Gasteiger partial charge in [0.25, 0.3) is 0 Å². The lowest BCUT2D eigenvalue weighted by molar-refractivity contribution is -0.195. The maximum Gasteiger partial charge on any atom is 0.395 e. The predicted molar refractivity (Wildman–Crippen MR) is 120 cm³/mol. The van der Waals surface area contributed by atoms with E-state index in [1.807, 2.05) is 37.2 Å². The number of halogens is 3. The van der Waals surface area contributed by atoms with Crippen molar-refractivity contribution >= 4 is 17.5 Å². The summed E-state index contributed by atoms with van der Waals surface area (Å²) in [5, 5.41) is 5.63. The van der Waals surface area contributed by atoms with Crippen molar-refractivity contribution in [3.63, 3.8) is 0 Å². The summed E-state index contributed by atoms with van der Waals surface area (Å²) in [6, 6.07) is 7.26. The van der Waals surface area contributed by atoms with Gasteiger partial charge in [-0.1, -0.05) is 12.1 Å². The molecule has 7 nitrogen and oxygen atoms in total. The highest BCUT2D eigenvalue weighted by molar-refractivity contribution is 5.99. The van der Waals surface area contributed by atoms with Crippen molar-refractivity contribution in [3.05, 3.63) is 53.6 Å². The zero-order valence-electron chi connectivity index (χ0n) is 19.2. The highest BCUT2D eigenvalue weighted by atomic mass is 19.4. The van der Waals surface area contributed by atoms with Gasteiger partial charge in [0.2, 0.25) is 11.8 Å². The average Bonchev–Trinajstić information content (AvgIpc) is 3.51. The number of aromatic nitrogens is 2. The molecule has 2 unspecified atom stereocenters. The lowest BCUT2D eigenvalue weighted by Crippen LogP contribution is -2.43. The number of benzene rings is 1. The fraction of sp³-hybridized carbons (Fsp3) is 0.500. The monoisotopic (exact) mass is 475 g/mol. The molecule has 4 rings (SSSR count). The Morgan fingerprint density at radius 3 is 2.56 bits per heavy atom. The summed E-state index contributed by atoms with van der Waals surface area (Å²) in [6.07, 6.45) is -1.03. The molecule has 0 saturated heterocycles. The molecule has 2 amide bonds. The molecule has 10 heteroatoms. The predicted octanol–water partition coefficient (Wildman–Crippen LogP) is 3.08. The van der Waals surface area contributed by atoms with E-state index >= 15 is 0 Å². The zero-order chi connectivity index (χ0) is 24.5. The Morgan fingerprint density at radius 2 is 1.94 bits per heavy atom. The molecule has 1 fully saturated rings. The van der Waals surface area contributed by atoms with Crippen molar-refractivity contribution in [2.75, 3.05) is 26.0 Å². The van der Waals surface area contributed by atoms with Crippen molar-refractivity contribution in [2.45, 2.75) is 50.2 Å². The maximum absolute atomic E-state index is 13.8. The van der Waals surface area contributed by atoms with Gasteiger partial charge in [-0.3, -0.25) is 9.59 Å². The molecular formula is C24H28F3N5O2. The summed E-state index contributed by atoms with van der Waals surface area (Å²) in [4.78, 5) is 34.4. The molecule has 0 bridgehead atoms. The third-order valence-electron chi connectivity index (χ3n) is 6.84. The van der Waals surface area contributed by atoms with Gasteiger partial charge in [0, 0.05) is 43.0 Å². The van der Waals surface area contributed by atoms with Gasteiger partial charge in [-0.25, -0.2) is 9.97 Å². The number of likely N-dealkylation sites (N-methyl/N-ethyl adjacent to an activating group) is 1. The smallest absolute Gasteiger partial charge is 0.354 e. The fourth-order valence-electron chi connectivity index (χ4n) is 4.60. The van der Waals surface area contributed by atoms with Gasteiger partial charge >= 0.3 is 6.18 Å². The van der Waals surface area contributed by atoms with Crippen LogP contribution in [-0.2, 0) is 22.4 Å². The Labute approximate surface area is 196 Å². The fourth-order valence-corrected chi connectivity index (χ4v) is 4.60. The Kier molecular flexibility index (Phi) is 6.62. The van der Waals surface area contributed by atoms with Gasteiger partial charge in [-0.15, -0.1) is 0 Å². The SMILES string of the molecule is CN(C)C(CNC(=O)CC(c1ncccn1)C1(C(F)(F)F)CC1)Cc1ccc2c(c1)CC(=O)N2. The van der Waals surface area contributed by atoms with Crippen LogP contribution in [0.5, 0.6) is 0 Å². The molecule has 2 N–H and O–H groups in total. The van der Waals surface area contributed by atoms with Crippen LogP contribution in [0.1, 0.15) is 42.1 Å². The zero-order valence-corrected chi connectivity index (χ0v) is 19.2. The summed E-state index contributed by atoms with van der Waals surface area (Å²) in [7, 11) is 3.78. The van der Waals surface area contributed by atoms with Gasteiger partial charge in [0.1, 0.15) is 5.82 Å². The first-order chi connectivity index (χ1) is 16.1. The summed E-state index contributed by atoms with van der Waals surface area (Å²) in [6.45, 7) is 0.279. The second-order valence-corrected chi connectivity index (χ2v) is 9.36. The Balaban J connectivity index is 1.41. The second kappa shape index (κ2) is 9.32. The van der Waals surface area contributed by atoms with Crippen molar-refractivity contribution in [1.82, 2.24) is 20.2 Å². The molecule has 1 saturated carbocycles. The number of anilines is 1. The number of alkyl halides is 3. The number of hydrogen-bond donors (Lipinski definition) is 2. The Hall–Kier alpha value is -3.01. The number of hydrogen-bond acceptors (Lipinski definition) is 5. The number of fused-ring (bicyclic) bond motifs is 1. The van der Waals surface area contributed by atoms with Crippen LogP contribution in [0.25, 0.3) is 0 Å². The first-order valence-corrected chi connectivity index (χ1v) is 11.3. The van der Waals surface area contributed by atoms with Gasteiger partial charge in [0.15, 0.2) is 0 Å². The molecule has 2 aliphatic rings. The lowest BCUT2D eigenvalue weighted by Gasteiger charge is -2.28. The number of nitrogens with one attached hydrogen (secondary N) is 2. The Morgan fingerprint density at radius 1 is 1.24 bits per heavy atom. The van der Waals surface area contributed by atoms with Crippen LogP contribution in [0.4, 0.5) is 18.9 Å². The molecule has 2 aromatic rings. The topological polar surface area (TPSA) is 87.2 Å². The molecule has 2 atom stereocenters. The van der Waals surface area contributed by atoms with Crippen LogP contribution in [-0.4, -0.2) is 59.5 Å². The van der Waals surface area contributed by atoms with Gasteiger partial charge in [0.05, 0.1) is 11.8 Å². The van der Waals surface area contributed by atoms with Crippen molar-refractivity contribution in [3.8, 4) is 0 Å². The standard InChI is InChI=1S/C24H28F3N5O2/c1-32(2)17(11-15-4-5-19-16(10-15)12-21(34)31-19)14-30-20(33)13-18(22-28-8-3-9-29-22)23(6-7-23)24(25,26)27/h3-5,8-10,17-18H,6-7,11-14H2,1-2H3,(H,30,33)(H,31,34). The first kappa shape index (κ1) is 24.1. The quantitative estimate of drug-likeness (QED) is 0.582. The molecule has 2 heterocycles. The lowest BCUT2D eigenvalue weighted by atomic mass is 9.84. The summed E-state index contributed by atoms with van der Waals surface area (Å²) >= 11 is 0. The van der Waals surface area contributed by atoms with Gasteiger partial charge in [-0.05, 0) is 56.6 Å². The first-order valence-electron chi connectivity index (χ1n) is 11.3. The van der Waals surface area contributed by atoms with E-state index in [-0.39, 0.29) is 43.6 Å². The number of rotatable bonds is 9. The van der Waals surface area contributed by atoms with E-state index in [0.29, 0.717) is 12.8 Å². The molecule has 1 aromatic heterocycles. The minimum absolute atomic E-state index is 0.0251. The van der Waals surface area contributed by atoms with E-state index < -0.39 is 23.4 Å². The molecule has 34 heavy (non-hydrogen) atoms. The number of carbonyl (C=O) groups excluding carboxylic acids is 2. The minimum atomic E-state index is -4.42. The highest BCUT2D eigenvalue weighted by Crippen LogP contribution is 2.65. The van der Waals surface area contributed by atoms with Crippen LogP contribution in [0.2, 0.25) is 0 Å². The van der Waals surface area contributed by atoms with E-state index in [2.05, 4.69) is 20.6 Å². The van der Waals surface area contributed by atoms with Gasteiger partial charge < -0.3 is 15.5 Å².